The van der Waals surface area contributed by atoms with Gasteiger partial charge in [0.15, 0.2) is 4.34 Å². The Labute approximate surface area is 177 Å². The smallest absolute Gasteiger partial charge is 0.279 e. The lowest BCUT2D eigenvalue weighted by Crippen LogP contribution is -2.40. The van der Waals surface area contributed by atoms with E-state index in [2.05, 4.69) is 41.2 Å². The fraction of sp³-hybridized carbons (Fsp3) is 0.476. The molecule has 0 N–H and O–H groups in total. The molecule has 0 spiro atoms. The van der Waals surface area contributed by atoms with E-state index in [1.54, 1.807) is 11.8 Å². The summed E-state index contributed by atoms with van der Waals surface area (Å²) in [4.78, 5) is 20.9. The number of hydrogen-bond donors (Lipinski definition) is 0. The van der Waals surface area contributed by atoms with Gasteiger partial charge in [-0.1, -0.05) is 52.9 Å². The maximum atomic E-state index is 13.1. The molecule has 0 radical (unpaired) electrons. The Morgan fingerprint density at radius 2 is 2.17 bits per heavy atom. The SMILES string of the molecule is Cc1ccc(CSc2nn3c(=O)c4c(nc3s2)CCN(C[C@H]2CCCO2)C4)cc1. The Morgan fingerprint density at radius 3 is 2.97 bits per heavy atom. The second-order valence-electron chi connectivity index (χ2n) is 7.80. The highest BCUT2D eigenvalue weighted by atomic mass is 32.2. The number of benzene rings is 1. The molecule has 1 fully saturated rings. The monoisotopic (exact) mass is 428 g/mol. The van der Waals surface area contributed by atoms with Crippen molar-refractivity contribution < 1.29 is 4.74 Å². The molecule has 0 aliphatic carbocycles. The van der Waals surface area contributed by atoms with Gasteiger partial charge >= 0.3 is 0 Å². The lowest BCUT2D eigenvalue weighted by Gasteiger charge is -2.29. The highest BCUT2D eigenvalue weighted by molar-refractivity contribution is 8.00. The van der Waals surface area contributed by atoms with Crippen molar-refractivity contribution in [2.75, 3.05) is 19.7 Å². The van der Waals surface area contributed by atoms with E-state index in [-0.39, 0.29) is 5.56 Å². The Kier molecular flexibility index (Phi) is 5.43. The molecule has 1 saturated heterocycles. The highest BCUT2D eigenvalue weighted by Crippen LogP contribution is 2.28. The van der Waals surface area contributed by atoms with Crippen LogP contribution in [0.25, 0.3) is 4.96 Å². The van der Waals surface area contributed by atoms with Crippen LogP contribution in [0.2, 0.25) is 0 Å². The van der Waals surface area contributed by atoms with Gasteiger partial charge in [0.05, 0.1) is 17.4 Å². The number of aromatic nitrogens is 3. The van der Waals surface area contributed by atoms with E-state index >= 15 is 0 Å². The van der Waals surface area contributed by atoms with Gasteiger partial charge in [-0.25, -0.2) is 4.98 Å². The van der Waals surface area contributed by atoms with Crippen molar-refractivity contribution in [2.24, 2.45) is 0 Å². The van der Waals surface area contributed by atoms with Gasteiger partial charge in [-0.05, 0) is 25.3 Å². The summed E-state index contributed by atoms with van der Waals surface area (Å²) in [5.74, 6) is 0.837. The van der Waals surface area contributed by atoms with Gasteiger partial charge in [0, 0.05) is 38.4 Å². The van der Waals surface area contributed by atoms with Gasteiger partial charge in [-0.15, -0.1) is 5.10 Å². The van der Waals surface area contributed by atoms with E-state index in [1.807, 2.05) is 0 Å². The maximum Gasteiger partial charge on any atom is 0.279 e. The summed E-state index contributed by atoms with van der Waals surface area (Å²) >= 11 is 3.16. The quantitative estimate of drug-likeness (QED) is 0.581. The number of nitrogens with zero attached hydrogens (tertiary/aromatic N) is 4. The highest BCUT2D eigenvalue weighted by Gasteiger charge is 2.26. The summed E-state index contributed by atoms with van der Waals surface area (Å²) in [5.41, 5.74) is 4.24. The molecule has 152 valence electrons. The average molecular weight is 429 g/mol. The van der Waals surface area contributed by atoms with Crippen molar-refractivity contribution in [3.63, 3.8) is 0 Å². The average Bonchev–Trinajstić information content (AvgIpc) is 3.38. The van der Waals surface area contributed by atoms with Crippen molar-refractivity contribution in [1.29, 1.82) is 0 Å². The lowest BCUT2D eigenvalue weighted by molar-refractivity contribution is 0.0683. The van der Waals surface area contributed by atoms with Crippen LogP contribution in [0.3, 0.4) is 0 Å². The molecule has 8 heteroatoms. The minimum absolute atomic E-state index is 0.0134. The van der Waals surface area contributed by atoms with Gasteiger partial charge < -0.3 is 4.74 Å². The maximum absolute atomic E-state index is 13.1. The molecular weight excluding hydrogens is 404 g/mol. The zero-order chi connectivity index (χ0) is 19.8. The summed E-state index contributed by atoms with van der Waals surface area (Å²) < 4.78 is 8.14. The molecule has 1 atom stereocenters. The third-order valence-corrected chi connectivity index (χ3v) is 7.70. The van der Waals surface area contributed by atoms with E-state index < -0.39 is 0 Å². The molecular formula is C21H24N4O2S2. The van der Waals surface area contributed by atoms with Crippen molar-refractivity contribution in [3.8, 4) is 0 Å². The molecule has 2 aliphatic heterocycles. The van der Waals surface area contributed by atoms with Crippen LogP contribution in [-0.2, 0) is 23.5 Å². The van der Waals surface area contributed by atoms with E-state index in [0.717, 1.165) is 60.3 Å². The molecule has 3 aromatic rings. The van der Waals surface area contributed by atoms with Crippen molar-refractivity contribution in [2.45, 2.75) is 48.9 Å². The first kappa shape index (κ1) is 19.2. The van der Waals surface area contributed by atoms with Crippen molar-refractivity contribution in [3.05, 3.63) is 57.0 Å². The minimum atomic E-state index is -0.0134. The number of aryl methyl sites for hydroxylation is 1. The molecule has 1 aromatic carbocycles. The second kappa shape index (κ2) is 8.18. The molecule has 4 heterocycles. The van der Waals surface area contributed by atoms with Crippen molar-refractivity contribution >= 4 is 28.1 Å². The van der Waals surface area contributed by atoms with E-state index in [9.17, 15) is 4.79 Å². The summed E-state index contributed by atoms with van der Waals surface area (Å²) in [7, 11) is 0. The molecule has 29 heavy (non-hydrogen) atoms. The van der Waals surface area contributed by atoms with E-state index in [4.69, 9.17) is 9.72 Å². The van der Waals surface area contributed by atoms with E-state index in [1.165, 1.54) is 27.0 Å². The number of ether oxygens (including phenoxy) is 1. The lowest BCUT2D eigenvalue weighted by atomic mass is 10.1. The Hall–Kier alpha value is -1.74. The number of thioether (sulfide) groups is 1. The molecule has 6 nitrogen and oxygen atoms in total. The zero-order valence-corrected chi connectivity index (χ0v) is 18.1. The topological polar surface area (TPSA) is 59.7 Å². The first-order valence-electron chi connectivity index (χ1n) is 10.1. The van der Waals surface area contributed by atoms with Gasteiger partial charge in [0.1, 0.15) is 0 Å². The predicted molar refractivity (Wildman–Crippen MR) is 116 cm³/mol. The third-order valence-electron chi connectivity index (χ3n) is 5.59. The third kappa shape index (κ3) is 4.12. The summed E-state index contributed by atoms with van der Waals surface area (Å²) in [6.45, 7) is 5.43. The molecule has 5 rings (SSSR count). The molecule has 0 amide bonds. The van der Waals surface area contributed by atoms with Crippen LogP contribution in [-0.4, -0.2) is 45.3 Å². The van der Waals surface area contributed by atoms with Crippen molar-refractivity contribution in [1.82, 2.24) is 19.5 Å². The fourth-order valence-electron chi connectivity index (χ4n) is 3.96. The Balaban J connectivity index is 1.34. The molecule has 0 unspecified atom stereocenters. The van der Waals surface area contributed by atoms with Gasteiger partial charge in [0.25, 0.3) is 5.56 Å². The van der Waals surface area contributed by atoms with Crippen LogP contribution in [0.4, 0.5) is 0 Å². The minimum Gasteiger partial charge on any atom is -0.377 e. The summed E-state index contributed by atoms with van der Waals surface area (Å²) in [6.07, 6.45) is 3.38. The Bertz CT molecular complexity index is 1070. The van der Waals surface area contributed by atoms with Crippen LogP contribution in [0, 0.1) is 6.92 Å². The largest absolute Gasteiger partial charge is 0.377 e. The molecule has 2 aliphatic rings. The van der Waals surface area contributed by atoms with Gasteiger partial charge in [0.2, 0.25) is 4.96 Å². The van der Waals surface area contributed by atoms with Crippen LogP contribution < -0.4 is 5.56 Å². The standard InChI is InChI=1S/C21H24N4O2S2/c1-14-4-6-15(7-5-14)13-28-21-23-25-19(26)17-12-24(11-16-3-2-10-27-16)9-8-18(17)22-20(25)29-21/h4-7,16H,2-3,8-13H2,1H3/t16-/m1/s1. The first-order valence-corrected chi connectivity index (χ1v) is 11.9. The van der Waals surface area contributed by atoms with Gasteiger partial charge in [-0.2, -0.15) is 4.52 Å². The Morgan fingerprint density at radius 1 is 1.31 bits per heavy atom. The fourth-order valence-corrected chi connectivity index (χ4v) is 5.86. The normalized spacial score (nSPS) is 19.7. The summed E-state index contributed by atoms with van der Waals surface area (Å²) in [6, 6.07) is 8.52. The number of fused-ring (bicyclic) bond motifs is 2. The number of hydrogen-bond acceptors (Lipinski definition) is 7. The van der Waals surface area contributed by atoms with Crippen LogP contribution in [0.1, 0.15) is 35.2 Å². The van der Waals surface area contributed by atoms with Gasteiger partial charge in [-0.3, -0.25) is 9.69 Å². The summed E-state index contributed by atoms with van der Waals surface area (Å²) in [5, 5.41) is 4.56. The zero-order valence-electron chi connectivity index (χ0n) is 16.5. The molecule has 2 aromatic heterocycles. The van der Waals surface area contributed by atoms with Crippen LogP contribution in [0.5, 0.6) is 0 Å². The second-order valence-corrected chi connectivity index (χ2v) is 9.98. The predicted octanol–water partition coefficient (Wildman–Crippen LogP) is 3.29. The first-order chi connectivity index (χ1) is 14.2. The molecule has 0 bridgehead atoms. The molecule has 0 saturated carbocycles. The van der Waals surface area contributed by atoms with E-state index in [0.29, 0.717) is 17.6 Å². The number of rotatable bonds is 5. The van der Waals surface area contributed by atoms with Crippen LogP contribution >= 0.6 is 23.1 Å². The van der Waals surface area contributed by atoms with Crippen LogP contribution in [0.15, 0.2) is 33.4 Å².